The van der Waals surface area contributed by atoms with Crippen LogP contribution < -0.4 is 11.5 Å². The van der Waals surface area contributed by atoms with Crippen LogP contribution in [-0.4, -0.2) is 5.96 Å². The quantitative estimate of drug-likeness (QED) is 0.658. The van der Waals surface area contributed by atoms with Crippen LogP contribution in [0.2, 0.25) is 0 Å². The molecular formula is C9H14BrN3S. The molecule has 0 saturated heterocycles. The molecule has 14 heavy (non-hydrogen) atoms. The summed E-state index contributed by atoms with van der Waals surface area (Å²) in [6, 6.07) is 2.21. The van der Waals surface area contributed by atoms with E-state index in [1.54, 1.807) is 11.3 Å². The molecule has 1 rings (SSSR count). The van der Waals surface area contributed by atoms with E-state index in [9.17, 15) is 0 Å². The van der Waals surface area contributed by atoms with Gasteiger partial charge in [0.15, 0.2) is 5.96 Å². The monoisotopic (exact) mass is 275 g/mol. The number of aliphatic imine (C=N–C) groups is 1. The summed E-state index contributed by atoms with van der Waals surface area (Å²) in [5.41, 5.74) is 12.0. The molecular weight excluding hydrogens is 262 g/mol. The van der Waals surface area contributed by atoms with Crippen molar-refractivity contribution in [2.24, 2.45) is 16.5 Å². The van der Waals surface area contributed by atoms with Crippen LogP contribution in [0.3, 0.4) is 0 Å². The van der Waals surface area contributed by atoms with Crippen molar-refractivity contribution in [3.63, 3.8) is 0 Å². The van der Waals surface area contributed by atoms with Crippen LogP contribution in [0, 0.1) is 6.92 Å². The molecule has 1 aromatic heterocycles. The minimum absolute atomic E-state index is 0.0926. The third-order valence-electron chi connectivity index (χ3n) is 1.90. The summed E-state index contributed by atoms with van der Waals surface area (Å²) in [5.74, 6) is 0.152. The van der Waals surface area contributed by atoms with Gasteiger partial charge in [-0.1, -0.05) is 6.92 Å². The molecule has 5 heteroatoms. The molecule has 0 aliphatic heterocycles. The van der Waals surface area contributed by atoms with Gasteiger partial charge in [0.2, 0.25) is 0 Å². The maximum absolute atomic E-state index is 5.37. The summed E-state index contributed by atoms with van der Waals surface area (Å²) in [7, 11) is 0. The zero-order chi connectivity index (χ0) is 10.7. The van der Waals surface area contributed by atoms with Crippen molar-refractivity contribution in [1.29, 1.82) is 0 Å². The van der Waals surface area contributed by atoms with Gasteiger partial charge >= 0.3 is 0 Å². The summed E-state index contributed by atoms with van der Waals surface area (Å²) < 4.78 is 1.15. The molecule has 0 fully saturated rings. The number of hydrogen-bond acceptors (Lipinski definition) is 2. The molecule has 0 aliphatic carbocycles. The SMILES string of the molecule is CC[C@@H](N=C(N)N)c1cc(C)c(Br)s1. The maximum Gasteiger partial charge on any atom is 0.186 e. The number of halogens is 1. The fraction of sp³-hybridized carbons (Fsp3) is 0.444. The van der Waals surface area contributed by atoms with E-state index >= 15 is 0 Å². The van der Waals surface area contributed by atoms with Gasteiger partial charge in [-0.2, -0.15) is 0 Å². The molecule has 0 amide bonds. The highest BCUT2D eigenvalue weighted by Gasteiger charge is 2.12. The standard InChI is InChI=1S/C9H14BrN3S/c1-3-6(13-9(11)12)7-4-5(2)8(10)14-7/h4,6H,3H2,1-2H3,(H4,11,12,13)/t6-/m1/s1. The minimum atomic E-state index is 0.0926. The molecule has 3 nitrogen and oxygen atoms in total. The number of guanidine groups is 1. The smallest absolute Gasteiger partial charge is 0.186 e. The van der Waals surface area contributed by atoms with E-state index in [-0.39, 0.29) is 12.0 Å². The number of nitrogens with zero attached hydrogens (tertiary/aromatic N) is 1. The average Bonchev–Trinajstić information content (AvgIpc) is 2.42. The lowest BCUT2D eigenvalue weighted by atomic mass is 10.2. The second-order valence-corrected chi connectivity index (χ2v) is 5.49. The van der Waals surface area contributed by atoms with E-state index in [1.165, 1.54) is 10.4 Å². The summed E-state index contributed by atoms with van der Waals surface area (Å²) in [5, 5.41) is 0. The van der Waals surface area contributed by atoms with Crippen LogP contribution in [-0.2, 0) is 0 Å². The molecule has 1 atom stereocenters. The van der Waals surface area contributed by atoms with Crippen LogP contribution in [0.15, 0.2) is 14.8 Å². The Morgan fingerprint density at radius 1 is 1.64 bits per heavy atom. The Bertz CT molecular complexity index is 322. The highest BCUT2D eigenvalue weighted by Crippen LogP contribution is 2.34. The molecule has 1 heterocycles. The lowest BCUT2D eigenvalue weighted by Crippen LogP contribution is -2.23. The fourth-order valence-electron chi connectivity index (χ4n) is 1.18. The summed E-state index contributed by atoms with van der Waals surface area (Å²) >= 11 is 5.17. The Labute approximate surface area is 96.3 Å². The van der Waals surface area contributed by atoms with Crippen molar-refractivity contribution >= 4 is 33.2 Å². The van der Waals surface area contributed by atoms with Gasteiger partial charge in [0.05, 0.1) is 9.83 Å². The molecule has 78 valence electrons. The van der Waals surface area contributed by atoms with Gasteiger partial charge in [-0.3, -0.25) is 0 Å². The van der Waals surface area contributed by atoms with E-state index in [0.717, 1.165) is 10.2 Å². The van der Waals surface area contributed by atoms with Gasteiger partial charge < -0.3 is 11.5 Å². The van der Waals surface area contributed by atoms with E-state index < -0.39 is 0 Å². The van der Waals surface area contributed by atoms with Gasteiger partial charge in [0.1, 0.15) is 0 Å². The normalized spacial score (nSPS) is 12.5. The third kappa shape index (κ3) is 2.72. The van der Waals surface area contributed by atoms with Crippen molar-refractivity contribution in [3.8, 4) is 0 Å². The number of hydrogen-bond donors (Lipinski definition) is 2. The predicted molar refractivity (Wildman–Crippen MR) is 65.6 cm³/mol. The molecule has 0 unspecified atom stereocenters. The molecule has 0 saturated carbocycles. The van der Waals surface area contributed by atoms with E-state index in [2.05, 4.69) is 40.8 Å². The number of aryl methyl sites for hydroxylation is 1. The van der Waals surface area contributed by atoms with Crippen LogP contribution in [0.5, 0.6) is 0 Å². The van der Waals surface area contributed by atoms with Gasteiger partial charge in [-0.25, -0.2) is 4.99 Å². The fourth-order valence-corrected chi connectivity index (χ4v) is 2.88. The summed E-state index contributed by atoms with van der Waals surface area (Å²) in [6.07, 6.45) is 0.907. The van der Waals surface area contributed by atoms with Crippen molar-refractivity contribution in [1.82, 2.24) is 0 Å². The Kier molecular flexibility index (Phi) is 3.95. The first-order valence-corrected chi connectivity index (χ1v) is 6.00. The van der Waals surface area contributed by atoms with Gasteiger partial charge in [-0.15, -0.1) is 11.3 Å². The first kappa shape index (κ1) is 11.5. The Hall–Kier alpha value is -0.550. The molecule has 0 radical (unpaired) electrons. The molecule has 0 aliphatic rings. The third-order valence-corrected chi connectivity index (χ3v) is 4.13. The van der Waals surface area contributed by atoms with Crippen molar-refractivity contribution in [2.45, 2.75) is 26.3 Å². The highest BCUT2D eigenvalue weighted by molar-refractivity contribution is 9.11. The van der Waals surface area contributed by atoms with Crippen molar-refractivity contribution in [2.75, 3.05) is 0 Å². The van der Waals surface area contributed by atoms with Crippen LogP contribution in [0.25, 0.3) is 0 Å². The first-order chi connectivity index (χ1) is 6.54. The predicted octanol–water partition coefficient (Wildman–Crippen LogP) is 2.54. The average molecular weight is 276 g/mol. The molecule has 1 aromatic rings. The van der Waals surface area contributed by atoms with E-state index in [1.807, 2.05) is 0 Å². The Morgan fingerprint density at radius 3 is 2.64 bits per heavy atom. The minimum Gasteiger partial charge on any atom is -0.370 e. The summed E-state index contributed by atoms with van der Waals surface area (Å²) in [4.78, 5) is 5.38. The lowest BCUT2D eigenvalue weighted by molar-refractivity contribution is 0.712. The van der Waals surface area contributed by atoms with Gasteiger partial charge in [0.25, 0.3) is 0 Å². The van der Waals surface area contributed by atoms with Gasteiger partial charge in [-0.05, 0) is 40.9 Å². The summed E-state index contributed by atoms with van der Waals surface area (Å²) in [6.45, 7) is 4.13. The van der Waals surface area contributed by atoms with Crippen molar-refractivity contribution < 1.29 is 0 Å². The van der Waals surface area contributed by atoms with Crippen LogP contribution >= 0.6 is 27.3 Å². The molecule has 0 spiro atoms. The number of nitrogens with two attached hydrogens (primary N) is 2. The second kappa shape index (κ2) is 4.79. The van der Waals surface area contributed by atoms with Crippen LogP contribution in [0.1, 0.15) is 29.8 Å². The molecule has 4 N–H and O–H groups in total. The largest absolute Gasteiger partial charge is 0.370 e. The molecule has 0 aromatic carbocycles. The van der Waals surface area contributed by atoms with E-state index in [4.69, 9.17) is 11.5 Å². The number of rotatable bonds is 3. The highest BCUT2D eigenvalue weighted by atomic mass is 79.9. The zero-order valence-corrected chi connectivity index (χ0v) is 10.7. The van der Waals surface area contributed by atoms with E-state index in [0.29, 0.717) is 0 Å². The van der Waals surface area contributed by atoms with Crippen LogP contribution in [0.4, 0.5) is 0 Å². The topological polar surface area (TPSA) is 64.4 Å². The first-order valence-electron chi connectivity index (χ1n) is 4.39. The lowest BCUT2D eigenvalue weighted by Gasteiger charge is -2.06. The van der Waals surface area contributed by atoms with Gasteiger partial charge in [0, 0.05) is 4.88 Å². The van der Waals surface area contributed by atoms with Crippen molar-refractivity contribution in [3.05, 3.63) is 20.3 Å². The molecule has 0 bridgehead atoms. The Balaban J connectivity index is 2.95. The zero-order valence-electron chi connectivity index (χ0n) is 8.25. The number of thiophene rings is 1. The maximum atomic E-state index is 5.37. The second-order valence-electron chi connectivity index (χ2n) is 3.08. The Morgan fingerprint density at radius 2 is 2.29 bits per heavy atom.